The molecule has 29 heavy (non-hydrogen) atoms. The van der Waals surface area contributed by atoms with Crippen molar-refractivity contribution in [3.8, 4) is 0 Å². The van der Waals surface area contributed by atoms with Crippen LogP contribution in [-0.2, 0) is 11.2 Å². The van der Waals surface area contributed by atoms with E-state index in [2.05, 4.69) is 31.3 Å². The van der Waals surface area contributed by atoms with Crippen LogP contribution in [0.15, 0.2) is 48.5 Å². The Morgan fingerprint density at radius 3 is 2.48 bits per heavy atom. The van der Waals surface area contributed by atoms with Crippen LogP contribution >= 0.6 is 0 Å². The Hall–Kier alpha value is -2.82. The highest BCUT2D eigenvalue weighted by molar-refractivity contribution is 5.90. The zero-order chi connectivity index (χ0) is 20.5. The summed E-state index contributed by atoms with van der Waals surface area (Å²) in [7, 11) is 0. The Balaban J connectivity index is 1.54. The molecule has 0 radical (unpaired) electrons. The van der Waals surface area contributed by atoms with Gasteiger partial charge in [0.05, 0.1) is 6.04 Å². The van der Waals surface area contributed by atoms with Crippen LogP contribution in [0.4, 0.5) is 10.5 Å². The molecule has 2 aromatic rings. The topological polar surface area (TPSA) is 52.7 Å². The number of benzene rings is 2. The van der Waals surface area contributed by atoms with Gasteiger partial charge >= 0.3 is 6.03 Å². The molecular formula is C24H29N3O2. The number of carbonyl (C=O) groups is 2. The number of urea groups is 1. The van der Waals surface area contributed by atoms with E-state index in [0.29, 0.717) is 25.6 Å². The largest absolute Gasteiger partial charge is 0.335 e. The van der Waals surface area contributed by atoms with Crippen molar-refractivity contribution in [2.75, 3.05) is 25.0 Å². The third-order valence-corrected chi connectivity index (χ3v) is 6.50. The molecule has 2 fully saturated rings. The summed E-state index contributed by atoms with van der Waals surface area (Å²) in [5.74, 6) is 0.698. The highest BCUT2D eigenvalue weighted by Gasteiger charge is 2.49. The van der Waals surface area contributed by atoms with Gasteiger partial charge < -0.3 is 15.1 Å². The lowest BCUT2D eigenvalue weighted by molar-refractivity contribution is -0.130. The summed E-state index contributed by atoms with van der Waals surface area (Å²) in [6.07, 6.45) is 0.880. The first-order valence-electron chi connectivity index (χ1n) is 10.5. The van der Waals surface area contributed by atoms with E-state index in [1.807, 2.05) is 46.2 Å². The Morgan fingerprint density at radius 2 is 1.76 bits per heavy atom. The fourth-order valence-corrected chi connectivity index (χ4v) is 5.00. The lowest BCUT2D eigenvalue weighted by Gasteiger charge is -2.30. The average Bonchev–Trinajstić information content (AvgIpc) is 3.27. The molecular weight excluding hydrogens is 362 g/mol. The Kier molecular flexibility index (Phi) is 5.31. The van der Waals surface area contributed by atoms with E-state index in [0.717, 1.165) is 17.7 Å². The molecule has 5 heteroatoms. The first kappa shape index (κ1) is 19.5. The van der Waals surface area contributed by atoms with Crippen LogP contribution in [0.1, 0.15) is 36.6 Å². The van der Waals surface area contributed by atoms with Crippen molar-refractivity contribution in [2.45, 2.75) is 33.2 Å². The molecule has 0 saturated carbocycles. The van der Waals surface area contributed by atoms with E-state index in [4.69, 9.17) is 0 Å². The van der Waals surface area contributed by atoms with Crippen LogP contribution in [0.5, 0.6) is 0 Å². The summed E-state index contributed by atoms with van der Waals surface area (Å²) >= 11 is 0. The van der Waals surface area contributed by atoms with Crippen molar-refractivity contribution >= 4 is 17.6 Å². The molecule has 3 amide bonds. The van der Waals surface area contributed by atoms with Gasteiger partial charge in [-0.25, -0.2) is 4.79 Å². The minimum Gasteiger partial charge on any atom is -0.335 e. The van der Waals surface area contributed by atoms with E-state index < -0.39 is 0 Å². The van der Waals surface area contributed by atoms with Gasteiger partial charge in [0, 0.05) is 44.1 Å². The number of aryl methyl sites for hydroxylation is 2. The number of hydrogen-bond donors (Lipinski definition) is 1. The quantitative estimate of drug-likeness (QED) is 0.851. The second-order valence-corrected chi connectivity index (χ2v) is 8.24. The van der Waals surface area contributed by atoms with Crippen LogP contribution in [0.3, 0.4) is 0 Å². The van der Waals surface area contributed by atoms with Crippen LogP contribution in [0.25, 0.3) is 0 Å². The van der Waals surface area contributed by atoms with Gasteiger partial charge in [0.15, 0.2) is 0 Å². The van der Waals surface area contributed by atoms with E-state index in [1.54, 1.807) is 6.92 Å². The maximum atomic E-state index is 13.0. The van der Waals surface area contributed by atoms with Crippen molar-refractivity contribution in [1.82, 2.24) is 9.80 Å². The normalized spacial score (nSPS) is 23.2. The molecule has 0 unspecified atom stereocenters. The maximum Gasteiger partial charge on any atom is 0.321 e. The third kappa shape index (κ3) is 3.61. The monoisotopic (exact) mass is 391 g/mol. The molecule has 4 rings (SSSR count). The summed E-state index contributed by atoms with van der Waals surface area (Å²) in [4.78, 5) is 29.2. The summed E-state index contributed by atoms with van der Waals surface area (Å²) in [5, 5.41) is 3.10. The van der Waals surface area contributed by atoms with Crippen LogP contribution in [-0.4, -0.2) is 41.4 Å². The van der Waals surface area contributed by atoms with Gasteiger partial charge in [0.2, 0.25) is 5.91 Å². The molecule has 0 aliphatic carbocycles. The van der Waals surface area contributed by atoms with Gasteiger partial charge in [0.1, 0.15) is 0 Å². The molecule has 1 N–H and O–H groups in total. The Morgan fingerprint density at radius 1 is 1.03 bits per heavy atom. The first-order chi connectivity index (χ1) is 14.0. The number of fused-ring (bicyclic) bond motifs is 1. The summed E-state index contributed by atoms with van der Waals surface area (Å²) in [6, 6.07) is 16.2. The van der Waals surface area contributed by atoms with Crippen molar-refractivity contribution in [3.63, 3.8) is 0 Å². The van der Waals surface area contributed by atoms with Gasteiger partial charge in [-0.3, -0.25) is 4.79 Å². The number of nitrogens with zero attached hydrogens (tertiary/aromatic N) is 2. The third-order valence-electron chi connectivity index (χ3n) is 6.50. The molecule has 5 nitrogen and oxygen atoms in total. The number of nitrogens with one attached hydrogen (secondary N) is 1. The number of rotatable bonds is 3. The summed E-state index contributed by atoms with van der Waals surface area (Å²) in [5.41, 5.74) is 4.43. The molecule has 152 valence electrons. The number of amides is 3. The molecule has 3 atom stereocenters. The first-order valence-corrected chi connectivity index (χ1v) is 10.5. The SMILES string of the molecule is CCc1ccccc1NC(=O)N1C[C@@H]2CN(C(C)=O)[C@@H](c3ccccc3C)[C@@H]2C1. The molecule has 0 aromatic heterocycles. The lowest BCUT2D eigenvalue weighted by atomic mass is 9.87. The van der Waals surface area contributed by atoms with Crippen LogP contribution in [0, 0.1) is 18.8 Å². The highest BCUT2D eigenvalue weighted by Crippen LogP contribution is 2.45. The van der Waals surface area contributed by atoms with Gasteiger partial charge in [-0.2, -0.15) is 0 Å². The van der Waals surface area contributed by atoms with Crippen LogP contribution in [0.2, 0.25) is 0 Å². The standard InChI is InChI=1S/C24H29N3O2/c1-4-18-10-6-8-12-22(18)25-24(29)26-13-19-14-27(17(3)28)23(21(19)15-26)20-11-7-5-9-16(20)2/h5-12,19,21,23H,4,13-15H2,1-3H3,(H,25,29)/t19-,21-,23+/m1/s1. The van der Waals surface area contributed by atoms with Crippen molar-refractivity contribution in [3.05, 3.63) is 65.2 Å². The minimum atomic E-state index is -0.0433. The van der Waals surface area contributed by atoms with E-state index in [-0.39, 0.29) is 23.9 Å². The predicted molar refractivity (Wildman–Crippen MR) is 115 cm³/mol. The van der Waals surface area contributed by atoms with E-state index >= 15 is 0 Å². The minimum absolute atomic E-state index is 0.0411. The number of para-hydroxylation sites is 1. The van der Waals surface area contributed by atoms with Gasteiger partial charge in [-0.05, 0) is 36.1 Å². The van der Waals surface area contributed by atoms with E-state index in [9.17, 15) is 9.59 Å². The van der Waals surface area contributed by atoms with Gasteiger partial charge in [0.25, 0.3) is 0 Å². The fraction of sp³-hybridized carbons (Fsp3) is 0.417. The second-order valence-electron chi connectivity index (χ2n) is 8.24. The van der Waals surface area contributed by atoms with Crippen molar-refractivity contribution in [2.24, 2.45) is 11.8 Å². The Bertz CT molecular complexity index is 926. The van der Waals surface area contributed by atoms with Crippen LogP contribution < -0.4 is 5.32 Å². The maximum absolute atomic E-state index is 13.0. The molecule has 2 heterocycles. The van der Waals surface area contributed by atoms with Crippen molar-refractivity contribution in [1.29, 1.82) is 0 Å². The predicted octanol–water partition coefficient (Wildman–Crippen LogP) is 4.24. The number of carbonyl (C=O) groups excluding carboxylic acids is 2. The van der Waals surface area contributed by atoms with Gasteiger partial charge in [-0.15, -0.1) is 0 Å². The molecule has 2 aromatic carbocycles. The second kappa shape index (κ2) is 7.90. The van der Waals surface area contributed by atoms with Crippen molar-refractivity contribution < 1.29 is 9.59 Å². The molecule has 0 bridgehead atoms. The summed E-state index contributed by atoms with van der Waals surface area (Å²) < 4.78 is 0. The van der Waals surface area contributed by atoms with Gasteiger partial charge in [-0.1, -0.05) is 49.4 Å². The zero-order valence-electron chi connectivity index (χ0n) is 17.4. The summed E-state index contributed by atoms with van der Waals surface area (Å²) in [6.45, 7) is 7.92. The number of hydrogen-bond acceptors (Lipinski definition) is 2. The molecule has 2 aliphatic heterocycles. The average molecular weight is 392 g/mol. The zero-order valence-corrected chi connectivity index (χ0v) is 17.4. The molecule has 0 spiro atoms. The smallest absolute Gasteiger partial charge is 0.321 e. The molecule has 2 saturated heterocycles. The highest BCUT2D eigenvalue weighted by atomic mass is 16.2. The number of likely N-dealkylation sites (tertiary alicyclic amines) is 2. The Labute approximate surface area is 172 Å². The fourth-order valence-electron chi connectivity index (χ4n) is 5.00. The number of anilines is 1. The lowest BCUT2D eigenvalue weighted by Crippen LogP contribution is -2.38. The molecule has 2 aliphatic rings. The van der Waals surface area contributed by atoms with E-state index in [1.165, 1.54) is 11.1 Å².